The van der Waals surface area contributed by atoms with E-state index in [0.717, 1.165) is 34.2 Å². The van der Waals surface area contributed by atoms with Gasteiger partial charge < -0.3 is 15.4 Å². The molecule has 0 aliphatic rings. The average molecular weight is 405 g/mol. The van der Waals surface area contributed by atoms with E-state index in [4.69, 9.17) is 4.74 Å². The van der Waals surface area contributed by atoms with Gasteiger partial charge in [-0.3, -0.25) is 0 Å². The molecule has 0 aliphatic carbocycles. The molecule has 2 amide bonds. The van der Waals surface area contributed by atoms with Gasteiger partial charge in [-0.1, -0.05) is 46.3 Å². The summed E-state index contributed by atoms with van der Waals surface area (Å²) < 4.78 is 6.88. The fraction of sp³-hybridized carbons (Fsp3) is 0.350. The van der Waals surface area contributed by atoms with Gasteiger partial charge in [0.05, 0.1) is 6.61 Å². The summed E-state index contributed by atoms with van der Waals surface area (Å²) in [5, 5.41) is 5.73. The summed E-state index contributed by atoms with van der Waals surface area (Å²) in [5.74, 6) is 0.945. The third kappa shape index (κ3) is 6.78. The second-order valence-electron chi connectivity index (χ2n) is 5.99. The molecule has 2 N–H and O–H groups in total. The topological polar surface area (TPSA) is 50.4 Å². The maximum atomic E-state index is 11.8. The Labute approximate surface area is 158 Å². The molecule has 2 aromatic carbocycles. The third-order valence-electron chi connectivity index (χ3n) is 3.85. The predicted molar refractivity (Wildman–Crippen MR) is 105 cm³/mol. The summed E-state index contributed by atoms with van der Waals surface area (Å²) in [4.78, 5) is 11.8. The number of para-hydroxylation sites is 1. The number of hydrogen-bond acceptors (Lipinski definition) is 2. The van der Waals surface area contributed by atoms with Crippen LogP contribution in [0.25, 0.3) is 0 Å². The van der Waals surface area contributed by atoms with E-state index in [1.54, 1.807) is 0 Å². The summed E-state index contributed by atoms with van der Waals surface area (Å²) in [5.41, 5.74) is 3.47. The summed E-state index contributed by atoms with van der Waals surface area (Å²) in [7, 11) is 0. The summed E-state index contributed by atoms with van der Waals surface area (Å²) in [6.45, 7) is 5.87. The molecule has 25 heavy (non-hydrogen) atoms. The lowest BCUT2D eigenvalue weighted by Crippen LogP contribution is -2.37. The SMILES string of the molecule is Cc1cccc(C)c1OCCCNC(=O)NCCc1cccc(Br)c1. The normalized spacial score (nSPS) is 10.4. The molecule has 0 aliphatic heterocycles. The van der Waals surface area contributed by atoms with Gasteiger partial charge in [-0.05, 0) is 55.5 Å². The zero-order valence-electron chi connectivity index (χ0n) is 14.8. The highest BCUT2D eigenvalue weighted by molar-refractivity contribution is 9.10. The molecule has 2 rings (SSSR count). The number of ether oxygens (including phenoxy) is 1. The zero-order chi connectivity index (χ0) is 18.1. The van der Waals surface area contributed by atoms with Crippen LogP contribution in [0, 0.1) is 13.8 Å². The van der Waals surface area contributed by atoms with Gasteiger partial charge in [0, 0.05) is 17.6 Å². The number of hydrogen-bond donors (Lipinski definition) is 2. The van der Waals surface area contributed by atoms with Crippen molar-refractivity contribution in [3.8, 4) is 5.75 Å². The van der Waals surface area contributed by atoms with Crippen molar-refractivity contribution in [2.45, 2.75) is 26.7 Å². The van der Waals surface area contributed by atoms with Crippen molar-refractivity contribution in [1.82, 2.24) is 10.6 Å². The van der Waals surface area contributed by atoms with Gasteiger partial charge in [0.2, 0.25) is 0 Å². The summed E-state index contributed by atoms with van der Waals surface area (Å²) >= 11 is 3.45. The van der Waals surface area contributed by atoms with Crippen LogP contribution in [0.4, 0.5) is 4.79 Å². The van der Waals surface area contributed by atoms with Gasteiger partial charge in [0.25, 0.3) is 0 Å². The van der Waals surface area contributed by atoms with Gasteiger partial charge in [-0.15, -0.1) is 0 Å². The standard InChI is InChI=1S/C20H25BrN2O2/c1-15-6-3-7-16(2)19(15)25-13-5-11-22-20(24)23-12-10-17-8-4-9-18(21)14-17/h3-4,6-9,14H,5,10-13H2,1-2H3,(H2,22,23,24). The number of halogens is 1. The molecule has 0 saturated carbocycles. The molecule has 0 radical (unpaired) electrons. The van der Waals surface area contributed by atoms with Gasteiger partial charge >= 0.3 is 6.03 Å². The first kappa shape index (κ1) is 19.3. The number of nitrogens with one attached hydrogen (secondary N) is 2. The second-order valence-corrected chi connectivity index (χ2v) is 6.90. The van der Waals surface area contributed by atoms with Crippen molar-refractivity contribution in [3.05, 3.63) is 63.6 Å². The van der Waals surface area contributed by atoms with Crippen LogP contribution in [0.1, 0.15) is 23.1 Å². The highest BCUT2D eigenvalue weighted by atomic mass is 79.9. The quantitative estimate of drug-likeness (QED) is 0.641. The fourth-order valence-electron chi connectivity index (χ4n) is 2.55. The smallest absolute Gasteiger partial charge is 0.314 e. The minimum absolute atomic E-state index is 0.137. The van der Waals surface area contributed by atoms with Gasteiger partial charge in [-0.25, -0.2) is 4.79 Å². The molecule has 134 valence electrons. The lowest BCUT2D eigenvalue weighted by molar-refractivity contribution is 0.239. The maximum Gasteiger partial charge on any atom is 0.314 e. The van der Waals surface area contributed by atoms with Crippen LogP contribution in [-0.2, 0) is 6.42 Å². The lowest BCUT2D eigenvalue weighted by atomic mass is 10.1. The Bertz CT molecular complexity index is 684. The van der Waals surface area contributed by atoms with Crippen LogP contribution in [0.2, 0.25) is 0 Å². The van der Waals surface area contributed by atoms with Crippen LogP contribution >= 0.6 is 15.9 Å². The minimum atomic E-state index is -0.137. The van der Waals surface area contributed by atoms with Crippen molar-refractivity contribution < 1.29 is 9.53 Å². The largest absolute Gasteiger partial charge is 0.493 e. The fourth-order valence-corrected chi connectivity index (χ4v) is 3.00. The molecular formula is C20H25BrN2O2. The Balaban J connectivity index is 1.58. The number of rotatable bonds is 8. The highest BCUT2D eigenvalue weighted by Crippen LogP contribution is 2.22. The first-order valence-electron chi connectivity index (χ1n) is 8.51. The van der Waals surface area contributed by atoms with Crippen molar-refractivity contribution >= 4 is 22.0 Å². The molecule has 0 heterocycles. The molecular weight excluding hydrogens is 380 g/mol. The predicted octanol–water partition coefficient (Wildman–Crippen LogP) is 4.38. The molecule has 0 unspecified atom stereocenters. The first-order valence-corrected chi connectivity index (χ1v) is 9.30. The van der Waals surface area contributed by atoms with Crippen molar-refractivity contribution in [2.75, 3.05) is 19.7 Å². The van der Waals surface area contributed by atoms with E-state index in [0.29, 0.717) is 19.7 Å². The van der Waals surface area contributed by atoms with E-state index < -0.39 is 0 Å². The Morgan fingerprint density at radius 2 is 1.72 bits per heavy atom. The van der Waals surface area contributed by atoms with E-state index in [1.165, 1.54) is 5.56 Å². The molecule has 5 heteroatoms. The van der Waals surface area contributed by atoms with Crippen LogP contribution in [0.5, 0.6) is 5.75 Å². The summed E-state index contributed by atoms with van der Waals surface area (Å²) in [6.07, 6.45) is 1.58. The molecule has 0 fully saturated rings. The third-order valence-corrected chi connectivity index (χ3v) is 4.34. The maximum absolute atomic E-state index is 11.8. The van der Waals surface area contributed by atoms with E-state index >= 15 is 0 Å². The van der Waals surface area contributed by atoms with Crippen LogP contribution < -0.4 is 15.4 Å². The van der Waals surface area contributed by atoms with Crippen LogP contribution in [-0.4, -0.2) is 25.7 Å². The van der Waals surface area contributed by atoms with Crippen molar-refractivity contribution in [1.29, 1.82) is 0 Å². The number of urea groups is 1. The van der Waals surface area contributed by atoms with E-state index in [2.05, 4.69) is 38.7 Å². The minimum Gasteiger partial charge on any atom is -0.493 e. The van der Waals surface area contributed by atoms with Crippen LogP contribution in [0.3, 0.4) is 0 Å². The Morgan fingerprint density at radius 1 is 1.04 bits per heavy atom. The highest BCUT2D eigenvalue weighted by Gasteiger charge is 2.03. The number of carbonyl (C=O) groups is 1. The number of amides is 2. The van der Waals surface area contributed by atoms with E-state index in [-0.39, 0.29) is 6.03 Å². The second kappa shape index (κ2) is 10.1. The summed E-state index contributed by atoms with van der Waals surface area (Å²) in [6, 6.07) is 14.1. The average Bonchev–Trinajstić information content (AvgIpc) is 2.57. The van der Waals surface area contributed by atoms with Crippen LogP contribution in [0.15, 0.2) is 46.9 Å². The lowest BCUT2D eigenvalue weighted by Gasteiger charge is -2.12. The molecule has 0 atom stereocenters. The number of carbonyl (C=O) groups excluding carboxylic acids is 1. The number of benzene rings is 2. The van der Waals surface area contributed by atoms with Crippen molar-refractivity contribution in [3.63, 3.8) is 0 Å². The Morgan fingerprint density at radius 3 is 2.44 bits per heavy atom. The first-order chi connectivity index (χ1) is 12.1. The van der Waals surface area contributed by atoms with Gasteiger partial charge in [0.1, 0.15) is 5.75 Å². The Kier molecular flexibility index (Phi) is 7.79. The molecule has 0 aromatic heterocycles. The van der Waals surface area contributed by atoms with E-state index in [9.17, 15) is 4.79 Å². The van der Waals surface area contributed by atoms with Crippen molar-refractivity contribution in [2.24, 2.45) is 0 Å². The molecule has 2 aromatic rings. The molecule has 0 spiro atoms. The number of aryl methyl sites for hydroxylation is 2. The molecule has 4 nitrogen and oxygen atoms in total. The van der Waals surface area contributed by atoms with E-state index in [1.807, 2.05) is 44.2 Å². The monoisotopic (exact) mass is 404 g/mol. The Hall–Kier alpha value is -2.01. The molecule has 0 saturated heterocycles. The van der Waals surface area contributed by atoms with Gasteiger partial charge in [0.15, 0.2) is 0 Å². The zero-order valence-corrected chi connectivity index (χ0v) is 16.4. The molecule has 0 bridgehead atoms. The van der Waals surface area contributed by atoms with Gasteiger partial charge in [-0.2, -0.15) is 0 Å².